The van der Waals surface area contributed by atoms with Crippen LogP contribution in [0.2, 0.25) is 0 Å². The number of esters is 1. The van der Waals surface area contributed by atoms with Crippen LogP contribution in [0.4, 0.5) is 0 Å². The zero-order valence-corrected chi connectivity index (χ0v) is 17.0. The van der Waals surface area contributed by atoms with Crippen LogP contribution >= 0.6 is 0 Å². The van der Waals surface area contributed by atoms with Gasteiger partial charge in [0.15, 0.2) is 6.10 Å². The molecule has 0 fully saturated rings. The quantitative estimate of drug-likeness (QED) is 0.355. The van der Waals surface area contributed by atoms with Gasteiger partial charge in [-0.25, -0.2) is 14.4 Å². The van der Waals surface area contributed by atoms with Crippen molar-refractivity contribution < 1.29 is 27.8 Å². The molecule has 4 aromatic rings. The highest BCUT2D eigenvalue weighted by atomic mass is 16.6. The summed E-state index contributed by atoms with van der Waals surface area (Å²) in [4.78, 5) is 36.4. The first-order valence-corrected chi connectivity index (χ1v) is 9.34. The fourth-order valence-electron chi connectivity index (χ4n) is 3.26. The highest BCUT2D eigenvalue weighted by Gasteiger charge is 2.17. The molecule has 0 N–H and O–H groups in total. The standard InChI is InChI=1S/C23H18O8/c1-12(22(25)28-3)29-15-5-4-13-8-18(23(26)31-19(13)10-15)17-11-21(24)30-20-9-14(27-2)6-7-16(17)20/h4-12H,1-3H3/t12-/m0/s1. The molecule has 0 radical (unpaired) electrons. The Morgan fingerprint density at radius 3 is 2.35 bits per heavy atom. The first kappa shape index (κ1) is 20.2. The molecule has 8 heteroatoms. The second-order valence-electron chi connectivity index (χ2n) is 6.77. The Morgan fingerprint density at radius 2 is 1.61 bits per heavy atom. The predicted molar refractivity (Wildman–Crippen MR) is 113 cm³/mol. The molecule has 4 rings (SSSR count). The molecule has 2 aromatic carbocycles. The van der Waals surface area contributed by atoms with E-state index in [9.17, 15) is 14.4 Å². The van der Waals surface area contributed by atoms with Crippen LogP contribution in [0.25, 0.3) is 33.1 Å². The second kappa shape index (κ2) is 7.98. The summed E-state index contributed by atoms with van der Waals surface area (Å²) in [7, 11) is 2.78. The molecular formula is C23H18O8. The van der Waals surface area contributed by atoms with Gasteiger partial charge in [0.2, 0.25) is 0 Å². The topological polar surface area (TPSA) is 105 Å². The van der Waals surface area contributed by atoms with Crippen molar-refractivity contribution in [2.75, 3.05) is 14.2 Å². The molecule has 158 valence electrons. The van der Waals surface area contributed by atoms with Gasteiger partial charge in [-0.15, -0.1) is 0 Å². The summed E-state index contributed by atoms with van der Waals surface area (Å²) < 4.78 is 26.1. The smallest absolute Gasteiger partial charge is 0.346 e. The van der Waals surface area contributed by atoms with Crippen molar-refractivity contribution in [1.29, 1.82) is 0 Å². The van der Waals surface area contributed by atoms with Gasteiger partial charge in [-0.05, 0) is 37.3 Å². The Labute approximate surface area is 175 Å². The van der Waals surface area contributed by atoms with Gasteiger partial charge in [0.25, 0.3) is 0 Å². The monoisotopic (exact) mass is 422 g/mol. The molecule has 1 atom stereocenters. The van der Waals surface area contributed by atoms with Crippen LogP contribution in [0.5, 0.6) is 11.5 Å². The Balaban J connectivity index is 1.82. The molecule has 0 amide bonds. The van der Waals surface area contributed by atoms with E-state index in [1.165, 1.54) is 26.4 Å². The predicted octanol–water partition coefficient (Wildman–Crippen LogP) is 3.52. The lowest BCUT2D eigenvalue weighted by atomic mass is 10.0. The number of methoxy groups -OCH3 is 2. The largest absolute Gasteiger partial charge is 0.497 e. The summed E-state index contributed by atoms with van der Waals surface area (Å²) in [6.07, 6.45) is -0.819. The maximum Gasteiger partial charge on any atom is 0.346 e. The maximum absolute atomic E-state index is 12.8. The molecule has 0 spiro atoms. The van der Waals surface area contributed by atoms with Crippen LogP contribution in [0.1, 0.15) is 6.92 Å². The molecule has 31 heavy (non-hydrogen) atoms. The summed E-state index contributed by atoms with van der Waals surface area (Å²) in [5.41, 5.74) is -0.0558. The van der Waals surface area contributed by atoms with Crippen molar-refractivity contribution in [2.24, 2.45) is 0 Å². The lowest BCUT2D eigenvalue weighted by Crippen LogP contribution is -2.24. The highest BCUT2D eigenvalue weighted by molar-refractivity contribution is 5.95. The minimum atomic E-state index is -0.819. The summed E-state index contributed by atoms with van der Waals surface area (Å²) >= 11 is 0. The SMILES string of the molecule is COC(=O)[C@H](C)Oc1ccc2cc(-c3cc(=O)oc4cc(OC)ccc34)c(=O)oc2c1. The van der Waals surface area contributed by atoms with Crippen molar-refractivity contribution in [2.45, 2.75) is 13.0 Å². The van der Waals surface area contributed by atoms with Gasteiger partial charge in [0.05, 0.1) is 19.8 Å². The van der Waals surface area contributed by atoms with Crippen LogP contribution in [0.15, 0.2) is 67.0 Å². The second-order valence-corrected chi connectivity index (χ2v) is 6.77. The van der Waals surface area contributed by atoms with E-state index in [1.807, 2.05) is 0 Å². The Morgan fingerprint density at radius 1 is 0.871 bits per heavy atom. The third-order valence-electron chi connectivity index (χ3n) is 4.80. The average Bonchev–Trinajstić information content (AvgIpc) is 2.76. The van der Waals surface area contributed by atoms with Gasteiger partial charge in [-0.1, -0.05) is 0 Å². The molecule has 0 unspecified atom stereocenters. The molecule has 0 saturated carbocycles. The normalized spacial score (nSPS) is 12.0. The number of carbonyl (C=O) groups excluding carboxylic acids is 1. The van der Waals surface area contributed by atoms with E-state index >= 15 is 0 Å². The third kappa shape index (κ3) is 3.87. The fraction of sp³-hybridized carbons (Fsp3) is 0.174. The van der Waals surface area contributed by atoms with E-state index in [1.54, 1.807) is 43.3 Å². The number of hydrogen-bond donors (Lipinski definition) is 0. The molecule has 2 aromatic heterocycles. The van der Waals surface area contributed by atoms with Crippen LogP contribution in [-0.4, -0.2) is 26.3 Å². The van der Waals surface area contributed by atoms with E-state index in [-0.39, 0.29) is 11.1 Å². The van der Waals surface area contributed by atoms with Gasteiger partial charge in [0.1, 0.15) is 22.7 Å². The lowest BCUT2D eigenvalue weighted by molar-refractivity contribution is -0.147. The summed E-state index contributed by atoms with van der Waals surface area (Å²) in [6.45, 7) is 1.55. The molecule has 0 bridgehead atoms. The van der Waals surface area contributed by atoms with E-state index in [2.05, 4.69) is 4.74 Å². The minimum absolute atomic E-state index is 0.215. The zero-order chi connectivity index (χ0) is 22.1. The molecule has 0 saturated heterocycles. The van der Waals surface area contributed by atoms with Crippen molar-refractivity contribution in [3.05, 3.63) is 69.4 Å². The Kier molecular flexibility index (Phi) is 5.21. The third-order valence-corrected chi connectivity index (χ3v) is 4.80. The van der Waals surface area contributed by atoms with Gasteiger partial charge < -0.3 is 23.0 Å². The number of benzene rings is 2. The summed E-state index contributed by atoms with van der Waals surface area (Å²) in [5.74, 6) is 0.342. The lowest BCUT2D eigenvalue weighted by Gasteiger charge is -2.12. The Bertz CT molecular complexity index is 1410. The van der Waals surface area contributed by atoms with Gasteiger partial charge in [-0.3, -0.25) is 0 Å². The van der Waals surface area contributed by atoms with Crippen LogP contribution < -0.4 is 20.7 Å². The summed E-state index contributed by atoms with van der Waals surface area (Å²) in [5, 5.41) is 1.18. The molecular weight excluding hydrogens is 404 g/mol. The number of fused-ring (bicyclic) bond motifs is 2. The van der Waals surface area contributed by atoms with Crippen molar-refractivity contribution in [3.63, 3.8) is 0 Å². The number of carbonyl (C=O) groups is 1. The molecule has 8 nitrogen and oxygen atoms in total. The van der Waals surface area contributed by atoms with Crippen molar-refractivity contribution in [1.82, 2.24) is 0 Å². The van der Waals surface area contributed by atoms with Gasteiger partial charge >= 0.3 is 17.2 Å². The van der Waals surface area contributed by atoms with Gasteiger partial charge in [0, 0.05) is 34.5 Å². The van der Waals surface area contributed by atoms with E-state index in [4.69, 9.17) is 18.3 Å². The Hall–Kier alpha value is -4.07. The van der Waals surface area contributed by atoms with Crippen LogP contribution in [0, 0.1) is 0 Å². The van der Waals surface area contributed by atoms with E-state index in [0.717, 1.165) is 0 Å². The zero-order valence-electron chi connectivity index (χ0n) is 17.0. The number of hydrogen-bond acceptors (Lipinski definition) is 8. The fourth-order valence-corrected chi connectivity index (χ4v) is 3.26. The van der Waals surface area contributed by atoms with Crippen molar-refractivity contribution >= 4 is 27.9 Å². The van der Waals surface area contributed by atoms with Crippen LogP contribution in [0.3, 0.4) is 0 Å². The van der Waals surface area contributed by atoms with Gasteiger partial charge in [-0.2, -0.15) is 0 Å². The van der Waals surface area contributed by atoms with Crippen molar-refractivity contribution in [3.8, 4) is 22.6 Å². The maximum atomic E-state index is 12.8. The molecule has 0 aliphatic heterocycles. The van der Waals surface area contributed by atoms with Crippen LogP contribution in [-0.2, 0) is 9.53 Å². The number of rotatable bonds is 5. The summed E-state index contributed by atoms with van der Waals surface area (Å²) in [6, 6.07) is 12.7. The first-order chi connectivity index (χ1) is 14.9. The first-order valence-electron chi connectivity index (χ1n) is 9.34. The van der Waals surface area contributed by atoms with E-state index < -0.39 is 23.3 Å². The molecule has 0 aliphatic carbocycles. The highest BCUT2D eigenvalue weighted by Crippen LogP contribution is 2.30. The van der Waals surface area contributed by atoms with E-state index in [0.29, 0.717) is 33.4 Å². The minimum Gasteiger partial charge on any atom is -0.497 e. The molecule has 0 aliphatic rings. The number of ether oxygens (including phenoxy) is 3. The average molecular weight is 422 g/mol. The molecule has 2 heterocycles.